The van der Waals surface area contributed by atoms with E-state index in [4.69, 9.17) is 4.74 Å². The summed E-state index contributed by atoms with van der Waals surface area (Å²) in [6.07, 6.45) is 4.30. The molecule has 0 saturated heterocycles. The molecule has 0 unspecified atom stereocenters. The van der Waals surface area contributed by atoms with E-state index >= 15 is 0 Å². The monoisotopic (exact) mass is 298 g/mol. The van der Waals surface area contributed by atoms with Crippen LogP contribution in [-0.4, -0.2) is 12.6 Å². The zero-order chi connectivity index (χ0) is 12.5. The first-order valence-corrected chi connectivity index (χ1v) is 7.11. The highest BCUT2D eigenvalue weighted by Gasteiger charge is 1.97. The third-order valence-corrected chi connectivity index (χ3v) is 3.21. The van der Waals surface area contributed by atoms with Crippen LogP contribution in [0.2, 0.25) is 0 Å². The lowest BCUT2D eigenvalue weighted by Gasteiger charge is -2.04. The van der Waals surface area contributed by atoms with Gasteiger partial charge in [0, 0.05) is 12.3 Å². The third-order valence-electron chi connectivity index (χ3n) is 2.56. The Balaban J connectivity index is 2.15. The summed E-state index contributed by atoms with van der Waals surface area (Å²) >= 11 is 3.46. The van der Waals surface area contributed by atoms with Crippen LogP contribution in [0.4, 0.5) is 0 Å². The van der Waals surface area contributed by atoms with E-state index in [2.05, 4.69) is 40.2 Å². The summed E-state index contributed by atoms with van der Waals surface area (Å²) in [5, 5.41) is 0.910. The van der Waals surface area contributed by atoms with E-state index in [1.165, 1.54) is 18.1 Å². The normalized spacial score (nSPS) is 10.2. The molecule has 0 saturated carbocycles. The standard InChI is InChI=1S/C14H19BrO2/c1-12(16)17-9-4-2-3-6-13-7-5-8-14(10-13)11-15/h5,7-8,10H,2-4,6,9,11H2,1H3. The van der Waals surface area contributed by atoms with Crippen LogP contribution in [0.1, 0.15) is 37.3 Å². The lowest BCUT2D eigenvalue weighted by molar-refractivity contribution is -0.141. The van der Waals surface area contributed by atoms with Crippen LogP contribution in [0.5, 0.6) is 0 Å². The molecule has 0 aliphatic carbocycles. The number of hydrogen-bond donors (Lipinski definition) is 0. The first-order valence-electron chi connectivity index (χ1n) is 5.99. The molecule has 0 fully saturated rings. The van der Waals surface area contributed by atoms with Gasteiger partial charge in [-0.05, 0) is 36.8 Å². The highest BCUT2D eigenvalue weighted by Crippen LogP contribution is 2.12. The SMILES string of the molecule is CC(=O)OCCCCCc1cccc(CBr)c1. The molecule has 0 N–H and O–H groups in total. The molecule has 1 aromatic rings. The molecule has 1 rings (SSSR count). The van der Waals surface area contributed by atoms with E-state index in [0.29, 0.717) is 6.61 Å². The maximum atomic E-state index is 10.5. The van der Waals surface area contributed by atoms with Gasteiger partial charge in [-0.1, -0.05) is 40.2 Å². The second kappa shape index (κ2) is 8.29. The van der Waals surface area contributed by atoms with Crippen molar-refractivity contribution in [3.8, 4) is 0 Å². The van der Waals surface area contributed by atoms with Crippen LogP contribution < -0.4 is 0 Å². The molecule has 0 spiro atoms. The average molecular weight is 299 g/mol. The van der Waals surface area contributed by atoms with Gasteiger partial charge >= 0.3 is 5.97 Å². The summed E-state index contributed by atoms with van der Waals surface area (Å²) < 4.78 is 4.89. The van der Waals surface area contributed by atoms with Crippen molar-refractivity contribution in [2.45, 2.75) is 37.9 Å². The predicted molar refractivity (Wildman–Crippen MR) is 73.3 cm³/mol. The number of ether oxygens (including phenoxy) is 1. The molecular formula is C14H19BrO2. The molecule has 0 aromatic heterocycles. The van der Waals surface area contributed by atoms with E-state index < -0.39 is 0 Å². The molecule has 0 bridgehead atoms. The molecule has 3 heteroatoms. The Morgan fingerprint density at radius 1 is 1.24 bits per heavy atom. The topological polar surface area (TPSA) is 26.3 Å². The second-order valence-corrected chi connectivity index (χ2v) is 4.67. The maximum absolute atomic E-state index is 10.5. The number of carbonyl (C=O) groups excluding carboxylic acids is 1. The van der Waals surface area contributed by atoms with E-state index in [1.807, 2.05) is 0 Å². The van der Waals surface area contributed by atoms with Crippen molar-refractivity contribution in [3.63, 3.8) is 0 Å². The van der Waals surface area contributed by atoms with Crippen LogP contribution in [-0.2, 0) is 21.3 Å². The summed E-state index contributed by atoms with van der Waals surface area (Å²) in [6.45, 7) is 2.00. The second-order valence-electron chi connectivity index (χ2n) is 4.10. The molecule has 0 heterocycles. The van der Waals surface area contributed by atoms with Crippen molar-refractivity contribution in [1.29, 1.82) is 0 Å². The van der Waals surface area contributed by atoms with Gasteiger partial charge in [0.1, 0.15) is 0 Å². The number of aryl methyl sites for hydroxylation is 1. The van der Waals surface area contributed by atoms with Crippen LogP contribution >= 0.6 is 15.9 Å². The molecule has 0 aliphatic heterocycles. The predicted octanol–water partition coefficient (Wildman–Crippen LogP) is 3.86. The Morgan fingerprint density at radius 2 is 2.00 bits per heavy atom. The fourth-order valence-corrected chi connectivity index (χ4v) is 2.04. The van der Waals surface area contributed by atoms with Crippen LogP contribution in [0.15, 0.2) is 24.3 Å². The quantitative estimate of drug-likeness (QED) is 0.434. The molecule has 94 valence electrons. The third kappa shape index (κ3) is 6.47. The number of alkyl halides is 1. The summed E-state index contributed by atoms with van der Waals surface area (Å²) in [7, 11) is 0. The number of hydrogen-bond acceptors (Lipinski definition) is 2. The molecule has 0 atom stereocenters. The van der Waals surface area contributed by atoms with E-state index in [9.17, 15) is 4.79 Å². The maximum Gasteiger partial charge on any atom is 0.302 e. The Kier molecular flexibility index (Phi) is 6.94. The number of benzene rings is 1. The largest absolute Gasteiger partial charge is 0.466 e. The zero-order valence-corrected chi connectivity index (χ0v) is 11.8. The van der Waals surface area contributed by atoms with Crippen LogP contribution in [0, 0.1) is 0 Å². The zero-order valence-electron chi connectivity index (χ0n) is 10.2. The highest BCUT2D eigenvalue weighted by atomic mass is 79.9. The van der Waals surface area contributed by atoms with Gasteiger partial charge in [-0.3, -0.25) is 4.79 Å². The molecule has 0 aliphatic rings. The lowest BCUT2D eigenvalue weighted by Crippen LogP contribution is -2.00. The molecule has 0 radical (unpaired) electrons. The fraction of sp³-hybridized carbons (Fsp3) is 0.500. The Bertz CT molecular complexity index is 350. The summed E-state index contributed by atoms with van der Waals surface area (Å²) in [5.74, 6) is -0.185. The van der Waals surface area contributed by atoms with Gasteiger partial charge in [-0.25, -0.2) is 0 Å². The minimum atomic E-state index is -0.185. The summed E-state index contributed by atoms with van der Waals surface area (Å²) in [4.78, 5) is 10.5. The van der Waals surface area contributed by atoms with Crippen molar-refractivity contribution in [3.05, 3.63) is 35.4 Å². The van der Waals surface area contributed by atoms with Crippen molar-refractivity contribution in [1.82, 2.24) is 0 Å². The molecule has 1 aromatic carbocycles. The van der Waals surface area contributed by atoms with Crippen LogP contribution in [0.3, 0.4) is 0 Å². The Hall–Kier alpha value is -0.830. The van der Waals surface area contributed by atoms with Gasteiger partial charge in [0.2, 0.25) is 0 Å². The van der Waals surface area contributed by atoms with Crippen molar-refractivity contribution < 1.29 is 9.53 Å². The summed E-state index contributed by atoms with van der Waals surface area (Å²) in [6, 6.07) is 8.63. The van der Waals surface area contributed by atoms with Crippen molar-refractivity contribution in [2.24, 2.45) is 0 Å². The Morgan fingerprint density at radius 3 is 2.71 bits per heavy atom. The number of halogens is 1. The molecule has 0 amide bonds. The fourth-order valence-electron chi connectivity index (χ4n) is 1.69. The summed E-state index contributed by atoms with van der Waals surface area (Å²) in [5.41, 5.74) is 2.71. The number of rotatable bonds is 7. The highest BCUT2D eigenvalue weighted by molar-refractivity contribution is 9.08. The van der Waals surface area contributed by atoms with Crippen molar-refractivity contribution >= 4 is 21.9 Å². The van der Waals surface area contributed by atoms with Gasteiger partial charge < -0.3 is 4.74 Å². The number of carbonyl (C=O) groups is 1. The molecular weight excluding hydrogens is 280 g/mol. The van der Waals surface area contributed by atoms with Gasteiger partial charge in [-0.2, -0.15) is 0 Å². The lowest BCUT2D eigenvalue weighted by atomic mass is 10.1. The van der Waals surface area contributed by atoms with Gasteiger partial charge in [0.15, 0.2) is 0 Å². The van der Waals surface area contributed by atoms with Crippen molar-refractivity contribution in [2.75, 3.05) is 6.61 Å². The van der Waals surface area contributed by atoms with E-state index in [0.717, 1.165) is 31.0 Å². The van der Waals surface area contributed by atoms with Gasteiger partial charge in [0.05, 0.1) is 6.61 Å². The van der Waals surface area contributed by atoms with Gasteiger partial charge in [0.25, 0.3) is 0 Å². The molecule has 17 heavy (non-hydrogen) atoms. The van der Waals surface area contributed by atoms with Gasteiger partial charge in [-0.15, -0.1) is 0 Å². The molecule has 2 nitrogen and oxygen atoms in total. The van der Waals surface area contributed by atoms with Crippen LogP contribution in [0.25, 0.3) is 0 Å². The minimum absolute atomic E-state index is 0.185. The number of unbranched alkanes of at least 4 members (excludes halogenated alkanes) is 2. The Labute approximate surface area is 111 Å². The first-order chi connectivity index (χ1) is 8.22. The average Bonchev–Trinajstić information content (AvgIpc) is 2.33. The number of esters is 1. The van der Waals surface area contributed by atoms with E-state index in [1.54, 1.807) is 0 Å². The first kappa shape index (κ1) is 14.2. The minimum Gasteiger partial charge on any atom is -0.466 e. The van der Waals surface area contributed by atoms with E-state index in [-0.39, 0.29) is 5.97 Å². The smallest absolute Gasteiger partial charge is 0.302 e.